The highest BCUT2D eigenvalue weighted by atomic mass is 35.5. The first-order valence-electron chi connectivity index (χ1n) is 6.63. The number of aryl methyl sites for hydroxylation is 1. The first-order chi connectivity index (χ1) is 10.1. The number of nitrogens with one attached hydrogen (secondary N) is 2. The Balaban J connectivity index is 2.39. The van der Waals surface area contributed by atoms with Gasteiger partial charge in [-0.15, -0.1) is 0 Å². The molecule has 3 N–H and O–H groups in total. The number of carbonyl (C=O) groups excluding carboxylic acids is 1. The second-order valence-corrected chi connectivity index (χ2v) is 6.60. The van der Waals surface area contributed by atoms with Crippen molar-refractivity contribution in [2.45, 2.75) is 32.7 Å². The molecule has 0 spiro atoms. The van der Waals surface area contributed by atoms with Gasteiger partial charge in [-0.3, -0.25) is 9.59 Å². The topological polar surface area (TPSA) is 82.2 Å². The number of aliphatic carboxylic acids is 1. The molecule has 0 atom stereocenters. The van der Waals surface area contributed by atoms with E-state index in [4.69, 9.17) is 28.3 Å². The Morgan fingerprint density at radius 1 is 1.32 bits per heavy atom. The molecule has 22 heavy (non-hydrogen) atoms. The molecule has 0 saturated carbocycles. The minimum Gasteiger partial charge on any atom is -0.481 e. The molecule has 5 nitrogen and oxygen atoms in total. The third-order valence-electron chi connectivity index (χ3n) is 3.38. The van der Waals surface area contributed by atoms with E-state index in [1.54, 1.807) is 32.9 Å². The Morgan fingerprint density at radius 3 is 2.55 bits per heavy atom. The summed E-state index contributed by atoms with van der Waals surface area (Å²) >= 11 is 12.2. The number of carboxylic acids is 1. The van der Waals surface area contributed by atoms with Crippen molar-refractivity contribution in [2.24, 2.45) is 0 Å². The quantitative estimate of drug-likeness (QED) is 0.790. The van der Waals surface area contributed by atoms with Crippen molar-refractivity contribution in [3.05, 3.63) is 33.4 Å². The molecular formula is C15H16Cl2N2O3. The van der Waals surface area contributed by atoms with Crippen molar-refractivity contribution < 1.29 is 14.7 Å². The van der Waals surface area contributed by atoms with Crippen LogP contribution < -0.4 is 5.32 Å². The number of H-pyrrole nitrogens is 1. The normalized spacial score (nSPS) is 11.7. The van der Waals surface area contributed by atoms with E-state index < -0.39 is 11.5 Å². The smallest absolute Gasteiger partial charge is 0.305 e. The maximum absolute atomic E-state index is 12.4. The first kappa shape index (κ1) is 16.6. The van der Waals surface area contributed by atoms with E-state index in [2.05, 4.69) is 10.3 Å². The average molecular weight is 343 g/mol. The number of aromatic amines is 1. The van der Waals surface area contributed by atoms with Crippen molar-refractivity contribution in [1.29, 1.82) is 0 Å². The van der Waals surface area contributed by atoms with Gasteiger partial charge in [-0.05, 0) is 38.5 Å². The first-order valence-corrected chi connectivity index (χ1v) is 7.38. The summed E-state index contributed by atoms with van der Waals surface area (Å²) in [6, 6.07) is 3.40. The molecule has 1 aromatic carbocycles. The molecule has 118 valence electrons. The van der Waals surface area contributed by atoms with E-state index in [-0.39, 0.29) is 12.3 Å². The van der Waals surface area contributed by atoms with Gasteiger partial charge in [-0.2, -0.15) is 0 Å². The minimum atomic E-state index is -0.978. The van der Waals surface area contributed by atoms with E-state index >= 15 is 0 Å². The number of carbonyl (C=O) groups is 2. The molecule has 7 heteroatoms. The number of amides is 1. The fourth-order valence-corrected chi connectivity index (χ4v) is 2.86. The fraction of sp³-hybridized carbons (Fsp3) is 0.333. The molecule has 0 fully saturated rings. The molecule has 1 heterocycles. The third-order valence-corrected chi connectivity index (χ3v) is 4.18. The standard InChI is InChI=1S/C15H16Cl2N2O3/c1-7-11-9(5-4-8(16)12(11)17)18-13(7)14(22)19-15(2,3)6-10(20)21/h4-5,18H,6H2,1-3H3,(H,19,22)(H,20,21). The molecule has 0 bridgehead atoms. The van der Waals surface area contributed by atoms with Gasteiger partial charge in [-0.1, -0.05) is 23.2 Å². The predicted octanol–water partition coefficient (Wildman–Crippen LogP) is 3.77. The van der Waals surface area contributed by atoms with Crippen molar-refractivity contribution in [2.75, 3.05) is 0 Å². The molecule has 0 radical (unpaired) electrons. The largest absolute Gasteiger partial charge is 0.481 e. The summed E-state index contributed by atoms with van der Waals surface area (Å²) in [4.78, 5) is 26.3. The van der Waals surface area contributed by atoms with Crippen LogP contribution in [0.4, 0.5) is 0 Å². The number of fused-ring (bicyclic) bond motifs is 1. The summed E-state index contributed by atoms with van der Waals surface area (Å²) < 4.78 is 0. The highest BCUT2D eigenvalue weighted by Crippen LogP contribution is 2.34. The van der Waals surface area contributed by atoms with E-state index in [1.165, 1.54) is 0 Å². The number of carboxylic acid groups (broad SMARTS) is 1. The Kier molecular flexibility index (Phi) is 4.40. The van der Waals surface area contributed by atoms with E-state index in [1.807, 2.05) is 0 Å². The van der Waals surface area contributed by atoms with Gasteiger partial charge in [0.2, 0.25) is 0 Å². The number of hydrogen-bond acceptors (Lipinski definition) is 2. The van der Waals surface area contributed by atoms with Gasteiger partial charge >= 0.3 is 5.97 Å². The van der Waals surface area contributed by atoms with Crippen LogP contribution in [-0.4, -0.2) is 27.5 Å². The van der Waals surface area contributed by atoms with Crippen LogP contribution in [0.2, 0.25) is 10.0 Å². The number of rotatable bonds is 4. The summed E-state index contributed by atoms with van der Waals surface area (Å²) in [5.41, 5.74) is 0.852. The predicted molar refractivity (Wildman–Crippen MR) is 86.9 cm³/mol. The van der Waals surface area contributed by atoms with Gasteiger partial charge in [-0.25, -0.2) is 0 Å². The zero-order valence-corrected chi connectivity index (χ0v) is 13.9. The molecule has 0 aliphatic rings. The van der Waals surface area contributed by atoms with Crippen molar-refractivity contribution in [1.82, 2.24) is 10.3 Å². The second-order valence-electron chi connectivity index (χ2n) is 5.82. The Hall–Kier alpha value is -1.72. The van der Waals surface area contributed by atoms with Gasteiger partial charge in [0.25, 0.3) is 5.91 Å². The van der Waals surface area contributed by atoms with Crippen molar-refractivity contribution in [3.63, 3.8) is 0 Å². The van der Waals surface area contributed by atoms with Crippen LogP contribution in [0.3, 0.4) is 0 Å². The van der Waals surface area contributed by atoms with Gasteiger partial charge in [0.1, 0.15) is 5.69 Å². The zero-order valence-electron chi connectivity index (χ0n) is 12.4. The number of benzene rings is 1. The van der Waals surface area contributed by atoms with Crippen LogP contribution in [-0.2, 0) is 4.79 Å². The lowest BCUT2D eigenvalue weighted by Crippen LogP contribution is -2.45. The highest BCUT2D eigenvalue weighted by molar-refractivity contribution is 6.45. The highest BCUT2D eigenvalue weighted by Gasteiger charge is 2.26. The number of halogens is 2. The van der Waals surface area contributed by atoms with Crippen LogP contribution in [0, 0.1) is 6.92 Å². The number of aromatic nitrogens is 1. The molecule has 2 rings (SSSR count). The maximum atomic E-state index is 12.4. The van der Waals surface area contributed by atoms with Gasteiger partial charge < -0.3 is 15.4 Å². The van der Waals surface area contributed by atoms with Crippen molar-refractivity contribution in [3.8, 4) is 0 Å². The van der Waals surface area contributed by atoms with E-state index in [0.29, 0.717) is 32.2 Å². The van der Waals surface area contributed by atoms with Crippen LogP contribution in [0.15, 0.2) is 12.1 Å². The van der Waals surface area contributed by atoms with Crippen LogP contribution in [0.1, 0.15) is 36.3 Å². The Bertz CT molecular complexity index is 766. The molecule has 0 aliphatic heterocycles. The van der Waals surface area contributed by atoms with Gasteiger partial charge in [0.05, 0.1) is 16.5 Å². The summed E-state index contributed by atoms with van der Waals surface area (Å²) in [6.07, 6.45) is -0.176. The Labute approximate surface area is 137 Å². The second kappa shape index (κ2) is 5.82. The van der Waals surface area contributed by atoms with Crippen LogP contribution >= 0.6 is 23.2 Å². The lowest BCUT2D eigenvalue weighted by Gasteiger charge is -2.24. The van der Waals surface area contributed by atoms with Gasteiger partial charge in [0.15, 0.2) is 0 Å². The summed E-state index contributed by atoms with van der Waals surface area (Å²) in [6.45, 7) is 5.07. The molecule has 0 aliphatic carbocycles. The van der Waals surface area contributed by atoms with Gasteiger partial charge in [0, 0.05) is 16.4 Å². The molecule has 0 unspecified atom stereocenters. The van der Waals surface area contributed by atoms with Crippen LogP contribution in [0.25, 0.3) is 10.9 Å². The van der Waals surface area contributed by atoms with Crippen molar-refractivity contribution >= 4 is 46.0 Å². The summed E-state index contributed by atoms with van der Waals surface area (Å²) in [7, 11) is 0. The molecule has 1 aromatic heterocycles. The average Bonchev–Trinajstić information content (AvgIpc) is 2.70. The third kappa shape index (κ3) is 3.20. The monoisotopic (exact) mass is 342 g/mol. The van der Waals surface area contributed by atoms with E-state index in [9.17, 15) is 9.59 Å². The molecule has 0 saturated heterocycles. The summed E-state index contributed by atoms with van der Waals surface area (Å²) in [5, 5.41) is 13.1. The SMILES string of the molecule is Cc1c(C(=O)NC(C)(C)CC(=O)O)[nH]c2ccc(Cl)c(Cl)c12. The van der Waals surface area contributed by atoms with Crippen LogP contribution in [0.5, 0.6) is 0 Å². The minimum absolute atomic E-state index is 0.176. The molecule has 2 aromatic rings. The Morgan fingerprint density at radius 2 is 1.95 bits per heavy atom. The number of hydrogen-bond donors (Lipinski definition) is 3. The molecule has 1 amide bonds. The zero-order chi connectivity index (χ0) is 16.7. The maximum Gasteiger partial charge on any atom is 0.305 e. The lowest BCUT2D eigenvalue weighted by molar-refractivity contribution is -0.138. The fourth-order valence-electron chi connectivity index (χ4n) is 2.39. The van der Waals surface area contributed by atoms with E-state index in [0.717, 1.165) is 0 Å². The molecular weight excluding hydrogens is 327 g/mol. The lowest BCUT2D eigenvalue weighted by atomic mass is 10.0. The summed E-state index contributed by atoms with van der Waals surface area (Å²) in [5.74, 6) is -1.36.